The van der Waals surface area contributed by atoms with Gasteiger partial charge in [0.1, 0.15) is 0 Å². The molecule has 0 spiro atoms. The van der Waals surface area contributed by atoms with Crippen LogP contribution < -0.4 is 11.2 Å². The number of nitrogens with one attached hydrogen (secondary N) is 2. The number of hydrogen-bond acceptors (Lipinski definition) is 5. The van der Waals surface area contributed by atoms with Crippen molar-refractivity contribution < 1.29 is 14.3 Å². The predicted octanol–water partition coefficient (Wildman–Crippen LogP) is 1.88. The van der Waals surface area contributed by atoms with Crippen molar-refractivity contribution in [3.8, 4) is 11.3 Å². The lowest BCUT2D eigenvalue weighted by molar-refractivity contribution is 0.0697. The predicted molar refractivity (Wildman–Crippen MR) is 103 cm³/mol. The van der Waals surface area contributed by atoms with Gasteiger partial charge in [0.05, 0.1) is 23.0 Å². The van der Waals surface area contributed by atoms with Crippen LogP contribution in [0.5, 0.6) is 0 Å². The van der Waals surface area contributed by atoms with Gasteiger partial charge in [0, 0.05) is 11.8 Å². The molecule has 0 bridgehead atoms. The zero-order valence-electron chi connectivity index (χ0n) is 15.3. The van der Waals surface area contributed by atoms with E-state index in [1.54, 1.807) is 30.3 Å². The molecule has 1 saturated carbocycles. The fourth-order valence-electron chi connectivity index (χ4n) is 3.75. The summed E-state index contributed by atoms with van der Waals surface area (Å²) in [6, 6.07) is 8.32. The second-order valence-electron chi connectivity index (χ2n) is 7.16. The maximum absolute atomic E-state index is 14.2. The zero-order valence-corrected chi connectivity index (χ0v) is 15.3. The van der Waals surface area contributed by atoms with Gasteiger partial charge in [0.25, 0.3) is 5.56 Å². The van der Waals surface area contributed by atoms with Gasteiger partial charge in [0.15, 0.2) is 5.65 Å². The molecule has 0 aliphatic heterocycles. The molecule has 1 aliphatic rings. The summed E-state index contributed by atoms with van der Waals surface area (Å²) in [7, 11) is 0. The number of halogens is 1. The summed E-state index contributed by atoms with van der Waals surface area (Å²) >= 11 is 0. The Bertz CT molecular complexity index is 1420. The Balaban J connectivity index is 1.58. The van der Waals surface area contributed by atoms with Crippen LogP contribution in [0, 0.1) is 5.95 Å². The highest BCUT2D eigenvalue weighted by Gasteiger charge is 2.41. The van der Waals surface area contributed by atoms with Gasteiger partial charge in [-0.25, -0.2) is 14.6 Å². The third-order valence-corrected chi connectivity index (χ3v) is 5.33. The van der Waals surface area contributed by atoms with Gasteiger partial charge in [0.2, 0.25) is 5.95 Å². The summed E-state index contributed by atoms with van der Waals surface area (Å²) < 4.78 is 15.3. The Kier molecular flexibility index (Phi) is 3.88. The third kappa shape index (κ3) is 2.89. The van der Waals surface area contributed by atoms with Gasteiger partial charge >= 0.3 is 11.7 Å². The van der Waals surface area contributed by atoms with Crippen LogP contribution in [0.3, 0.4) is 0 Å². The first-order valence-corrected chi connectivity index (χ1v) is 9.12. The van der Waals surface area contributed by atoms with E-state index in [0.717, 1.165) is 28.3 Å². The van der Waals surface area contributed by atoms with Crippen LogP contribution in [-0.2, 0) is 0 Å². The molecule has 1 aromatic carbocycles. The molecule has 9 nitrogen and oxygen atoms in total. The fourth-order valence-corrected chi connectivity index (χ4v) is 3.75. The first kappa shape index (κ1) is 18.0. The Hall–Kier alpha value is -4.08. The summed E-state index contributed by atoms with van der Waals surface area (Å²) in [5.41, 5.74) is 1.29. The molecule has 3 aromatic heterocycles. The molecule has 3 N–H and O–H groups in total. The molecule has 0 radical (unpaired) electrons. The minimum Gasteiger partial charge on any atom is -0.478 e. The van der Waals surface area contributed by atoms with Crippen molar-refractivity contribution in [2.45, 2.75) is 18.3 Å². The van der Waals surface area contributed by atoms with E-state index in [1.165, 1.54) is 6.20 Å². The highest BCUT2D eigenvalue weighted by molar-refractivity contribution is 5.87. The summed E-state index contributed by atoms with van der Waals surface area (Å²) in [5.74, 6) is -1.54. The molecule has 30 heavy (non-hydrogen) atoms. The summed E-state index contributed by atoms with van der Waals surface area (Å²) in [5, 5.41) is 13.2. The molecule has 0 amide bonds. The maximum atomic E-state index is 14.2. The van der Waals surface area contributed by atoms with Crippen molar-refractivity contribution >= 4 is 11.6 Å². The highest BCUT2D eigenvalue weighted by atomic mass is 19.1. The van der Waals surface area contributed by atoms with E-state index in [1.807, 2.05) is 0 Å². The Morgan fingerprint density at radius 3 is 2.67 bits per heavy atom. The van der Waals surface area contributed by atoms with Crippen molar-refractivity contribution in [1.29, 1.82) is 0 Å². The SMILES string of the molecule is O=C(O)c1ccc([C@H]2C[C@@H]2c2cc(-c3c[nH]c(=O)[nH]c3=O)nn3c(F)cnc23)cc1. The van der Waals surface area contributed by atoms with Crippen molar-refractivity contribution in [1.82, 2.24) is 24.6 Å². The van der Waals surface area contributed by atoms with Crippen molar-refractivity contribution in [2.24, 2.45) is 0 Å². The van der Waals surface area contributed by atoms with Crippen LogP contribution in [0.4, 0.5) is 4.39 Å². The Morgan fingerprint density at radius 2 is 1.97 bits per heavy atom. The standard InChI is InChI=1S/C20H14FN5O4/c21-16-8-22-17-13(12-5-11(12)9-1-3-10(4-2-9)19(28)29)6-15(25-26(16)17)14-7-23-20(30)24-18(14)27/h1-4,6-8,11-12H,5H2,(H,28,29)(H2,23,24,27,30)/t11-,12+/m1/s1. The average Bonchev–Trinajstić information content (AvgIpc) is 3.44. The number of rotatable bonds is 4. The zero-order chi connectivity index (χ0) is 21.0. The van der Waals surface area contributed by atoms with E-state index >= 15 is 0 Å². The normalized spacial score (nSPS) is 17.9. The van der Waals surface area contributed by atoms with E-state index < -0.39 is 23.2 Å². The number of benzene rings is 1. The highest BCUT2D eigenvalue weighted by Crippen LogP contribution is 2.55. The first-order chi connectivity index (χ1) is 14.4. The van der Waals surface area contributed by atoms with E-state index in [2.05, 4.69) is 20.1 Å². The quantitative estimate of drug-likeness (QED) is 0.473. The van der Waals surface area contributed by atoms with E-state index in [-0.39, 0.29) is 28.7 Å². The summed E-state index contributed by atoms with van der Waals surface area (Å²) in [4.78, 5) is 43.2. The van der Waals surface area contributed by atoms with Crippen LogP contribution in [0.2, 0.25) is 0 Å². The average molecular weight is 407 g/mol. The molecule has 2 atom stereocenters. The van der Waals surface area contributed by atoms with E-state index in [0.29, 0.717) is 5.65 Å². The maximum Gasteiger partial charge on any atom is 0.335 e. The number of carboxylic acids is 1. The first-order valence-electron chi connectivity index (χ1n) is 9.12. The lowest BCUT2D eigenvalue weighted by Crippen LogP contribution is -2.23. The van der Waals surface area contributed by atoms with Crippen LogP contribution in [0.1, 0.15) is 39.7 Å². The molecule has 1 fully saturated rings. The fraction of sp³-hybridized carbons (Fsp3) is 0.150. The van der Waals surface area contributed by atoms with Crippen molar-refractivity contribution in [3.05, 3.63) is 86.2 Å². The van der Waals surface area contributed by atoms with Crippen LogP contribution in [0.25, 0.3) is 16.9 Å². The number of aromatic nitrogens is 5. The molecular formula is C20H14FN5O4. The van der Waals surface area contributed by atoms with Crippen LogP contribution >= 0.6 is 0 Å². The van der Waals surface area contributed by atoms with Crippen molar-refractivity contribution in [2.75, 3.05) is 0 Å². The molecular weight excluding hydrogens is 393 g/mol. The Morgan fingerprint density at radius 1 is 1.20 bits per heavy atom. The summed E-state index contributed by atoms with van der Waals surface area (Å²) in [6.07, 6.45) is 3.07. The minimum absolute atomic E-state index is 0.00794. The number of aromatic carboxylic acids is 1. The molecule has 0 saturated heterocycles. The molecule has 3 heterocycles. The van der Waals surface area contributed by atoms with E-state index in [4.69, 9.17) is 5.11 Å². The van der Waals surface area contributed by atoms with Gasteiger partial charge in [-0.2, -0.15) is 14.0 Å². The van der Waals surface area contributed by atoms with Gasteiger partial charge in [-0.1, -0.05) is 12.1 Å². The second-order valence-corrected chi connectivity index (χ2v) is 7.16. The van der Waals surface area contributed by atoms with Gasteiger partial charge in [-0.3, -0.25) is 9.78 Å². The molecule has 4 aromatic rings. The second kappa shape index (κ2) is 6.48. The molecule has 5 rings (SSSR count). The summed E-state index contributed by atoms with van der Waals surface area (Å²) in [6.45, 7) is 0. The number of imidazole rings is 1. The number of hydrogen-bond donors (Lipinski definition) is 3. The Labute approximate surface area is 166 Å². The van der Waals surface area contributed by atoms with Crippen LogP contribution in [-0.4, -0.2) is 35.6 Å². The lowest BCUT2D eigenvalue weighted by atomic mass is 10.0. The third-order valence-electron chi connectivity index (χ3n) is 5.33. The topological polar surface area (TPSA) is 133 Å². The van der Waals surface area contributed by atoms with Gasteiger partial charge in [-0.05, 0) is 42.0 Å². The monoisotopic (exact) mass is 407 g/mol. The molecule has 0 unspecified atom stereocenters. The minimum atomic E-state index is -0.992. The number of carboxylic acid groups (broad SMARTS) is 1. The van der Waals surface area contributed by atoms with Crippen LogP contribution in [0.15, 0.2) is 52.3 Å². The molecule has 10 heteroatoms. The molecule has 150 valence electrons. The van der Waals surface area contributed by atoms with E-state index in [9.17, 15) is 18.8 Å². The smallest absolute Gasteiger partial charge is 0.335 e. The number of aromatic amines is 2. The lowest BCUT2D eigenvalue weighted by Gasteiger charge is -2.08. The van der Waals surface area contributed by atoms with Crippen molar-refractivity contribution in [3.63, 3.8) is 0 Å². The molecule has 1 aliphatic carbocycles. The number of nitrogens with zero attached hydrogens (tertiary/aromatic N) is 3. The van der Waals surface area contributed by atoms with Gasteiger partial charge in [-0.15, -0.1) is 0 Å². The number of carbonyl (C=O) groups is 1. The number of H-pyrrole nitrogens is 2. The van der Waals surface area contributed by atoms with Gasteiger partial charge < -0.3 is 10.1 Å². The largest absolute Gasteiger partial charge is 0.478 e. The number of fused-ring (bicyclic) bond motifs is 1.